The maximum absolute atomic E-state index is 13.6. The number of hydrogen-bond donors (Lipinski definition) is 1. The molecule has 2 rings (SSSR count). The molecule has 20 heavy (non-hydrogen) atoms. The summed E-state index contributed by atoms with van der Waals surface area (Å²) in [5, 5.41) is 10.3. The summed E-state index contributed by atoms with van der Waals surface area (Å²) in [6.45, 7) is 1.54. The zero-order valence-corrected chi connectivity index (χ0v) is 11.0. The standard InChI is InChI=1S/C16H15F3O/c1-16(20,9-11-2-4-13(17)5-3-11)10-12-8-14(18)6-7-15(12)19/h2-8,20H,9-10H2,1H3. The minimum Gasteiger partial charge on any atom is -0.389 e. The predicted molar refractivity (Wildman–Crippen MR) is 70.8 cm³/mol. The molecule has 1 nitrogen and oxygen atoms in total. The van der Waals surface area contributed by atoms with E-state index in [1.54, 1.807) is 19.1 Å². The Bertz CT molecular complexity index is 591. The van der Waals surface area contributed by atoms with Gasteiger partial charge in [-0.25, -0.2) is 13.2 Å². The molecule has 1 unspecified atom stereocenters. The van der Waals surface area contributed by atoms with Gasteiger partial charge in [0.2, 0.25) is 0 Å². The first-order valence-electron chi connectivity index (χ1n) is 6.26. The topological polar surface area (TPSA) is 20.2 Å². The summed E-state index contributed by atoms with van der Waals surface area (Å²) < 4.78 is 39.5. The van der Waals surface area contributed by atoms with Gasteiger partial charge >= 0.3 is 0 Å². The maximum Gasteiger partial charge on any atom is 0.126 e. The van der Waals surface area contributed by atoms with E-state index >= 15 is 0 Å². The first-order chi connectivity index (χ1) is 9.35. The Hall–Kier alpha value is -1.81. The minimum atomic E-state index is -1.24. The van der Waals surface area contributed by atoms with Crippen molar-refractivity contribution in [2.24, 2.45) is 0 Å². The first kappa shape index (κ1) is 14.6. The van der Waals surface area contributed by atoms with Gasteiger partial charge in [-0.05, 0) is 48.4 Å². The summed E-state index contributed by atoms with van der Waals surface area (Å²) in [5.74, 6) is -1.45. The van der Waals surface area contributed by atoms with E-state index in [2.05, 4.69) is 0 Å². The van der Waals surface area contributed by atoms with Crippen LogP contribution in [0.2, 0.25) is 0 Å². The van der Waals surface area contributed by atoms with Gasteiger partial charge < -0.3 is 5.11 Å². The van der Waals surface area contributed by atoms with Crippen LogP contribution in [-0.4, -0.2) is 10.7 Å². The lowest BCUT2D eigenvalue weighted by Gasteiger charge is -2.24. The molecule has 0 heterocycles. The lowest BCUT2D eigenvalue weighted by molar-refractivity contribution is 0.0598. The molecule has 2 aromatic rings. The molecule has 106 valence electrons. The molecule has 0 fully saturated rings. The largest absolute Gasteiger partial charge is 0.389 e. The van der Waals surface area contributed by atoms with E-state index < -0.39 is 17.2 Å². The molecule has 1 atom stereocenters. The van der Waals surface area contributed by atoms with Crippen LogP contribution in [0.25, 0.3) is 0 Å². The summed E-state index contributed by atoms with van der Waals surface area (Å²) in [7, 11) is 0. The molecule has 0 amide bonds. The number of rotatable bonds is 4. The van der Waals surface area contributed by atoms with Gasteiger partial charge in [-0.3, -0.25) is 0 Å². The van der Waals surface area contributed by atoms with Gasteiger partial charge in [0.15, 0.2) is 0 Å². The van der Waals surface area contributed by atoms with Crippen LogP contribution in [-0.2, 0) is 12.8 Å². The molecule has 0 aliphatic heterocycles. The molecule has 2 aromatic carbocycles. The van der Waals surface area contributed by atoms with Gasteiger partial charge in [0.25, 0.3) is 0 Å². The number of hydrogen-bond acceptors (Lipinski definition) is 1. The predicted octanol–water partition coefficient (Wildman–Crippen LogP) is 3.64. The van der Waals surface area contributed by atoms with Crippen molar-refractivity contribution in [3.8, 4) is 0 Å². The average Bonchev–Trinajstić information content (AvgIpc) is 2.36. The Morgan fingerprint density at radius 1 is 0.900 bits per heavy atom. The molecule has 0 bridgehead atoms. The van der Waals surface area contributed by atoms with Crippen molar-refractivity contribution in [2.45, 2.75) is 25.4 Å². The fraction of sp³-hybridized carbons (Fsp3) is 0.250. The molecule has 0 aliphatic carbocycles. The van der Waals surface area contributed by atoms with Crippen molar-refractivity contribution in [1.82, 2.24) is 0 Å². The van der Waals surface area contributed by atoms with E-state index in [4.69, 9.17) is 0 Å². The van der Waals surface area contributed by atoms with Crippen LogP contribution in [0.3, 0.4) is 0 Å². The van der Waals surface area contributed by atoms with Gasteiger partial charge in [0.1, 0.15) is 17.5 Å². The average molecular weight is 280 g/mol. The Kier molecular flexibility index (Phi) is 4.14. The highest BCUT2D eigenvalue weighted by Gasteiger charge is 2.23. The zero-order chi connectivity index (χ0) is 14.8. The Morgan fingerprint density at radius 3 is 2.15 bits per heavy atom. The van der Waals surface area contributed by atoms with Crippen molar-refractivity contribution < 1.29 is 18.3 Å². The van der Waals surface area contributed by atoms with Crippen LogP contribution in [0, 0.1) is 17.5 Å². The summed E-state index contributed by atoms with van der Waals surface area (Å²) in [5.41, 5.74) is -0.391. The highest BCUT2D eigenvalue weighted by molar-refractivity contribution is 5.23. The molecular weight excluding hydrogens is 265 g/mol. The highest BCUT2D eigenvalue weighted by atomic mass is 19.1. The van der Waals surface area contributed by atoms with Crippen LogP contribution < -0.4 is 0 Å². The number of halogens is 3. The van der Waals surface area contributed by atoms with Crippen LogP contribution in [0.1, 0.15) is 18.1 Å². The minimum absolute atomic E-state index is 0.0199. The molecule has 1 N–H and O–H groups in total. The Morgan fingerprint density at radius 2 is 1.50 bits per heavy atom. The molecular formula is C16H15F3O. The zero-order valence-electron chi connectivity index (χ0n) is 11.0. The summed E-state index contributed by atoms with van der Waals surface area (Å²) in [6, 6.07) is 8.88. The SMILES string of the molecule is CC(O)(Cc1ccc(F)cc1)Cc1cc(F)ccc1F. The van der Waals surface area contributed by atoms with Gasteiger partial charge in [-0.15, -0.1) is 0 Å². The molecule has 0 aromatic heterocycles. The molecule has 0 spiro atoms. The quantitative estimate of drug-likeness (QED) is 0.906. The fourth-order valence-electron chi connectivity index (χ4n) is 2.19. The van der Waals surface area contributed by atoms with Crippen molar-refractivity contribution in [3.63, 3.8) is 0 Å². The molecule has 0 saturated carbocycles. The second kappa shape index (κ2) is 5.67. The van der Waals surface area contributed by atoms with Gasteiger partial charge in [0, 0.05) is 12.8 Å². The second-order valence-corrected chi connectivity index (χ2v) is 5.21. The fourth-order valence-corrected chi connectivity index (χ4v) is 2.19. The molecule has 0 saturated heterocycles. The van der Waals surface area contributed by atoms with Gasteiger partial charge in [-0.2, -0.15) is 0 Å². The van der Waals surface area contributed by atoms with Crippen molar-refractivity contribution in [1.29, 1.82) is 0 Å². The second-order valence-electron chi connectivity index (χ2n) is 5.21. The molecule has 0 aliphatic rings. The van der Waals surface area contributed by atoms with Crippen molar-refractivity contribution >= 4 is 0 Å². The normalized spacial score (nSPS) is 14.1. The third-order valence-corrected chi connectivity index (χ3v) is 3.08. The Labute approximate surface area is 115 Å². The smallest absolute Gasteiger partial charge is 0.126 e. The van der Waals surface area contributed by atoms with E-state index in [9.17, 15) is 18.3 Å². The van der Waals surface area contributed by atoms with E-state index in [0.29, 0.717) is 0 Å². The Balaban J connectivity index is 2.14. The van der Waals surface area contributed by atoms with Crippen LogP contribution in [0.15, 0.2) is 42.5 Å². The van der Waals surface area contributed by atoms with E-state index in [1.165, 1.54) is 12.1 Å². The lowest BCUT2D eigenvalue weighted by Crippen LogP contribution is -2.30. The van der Waals surface area contributed by atoms with Crippen molar-refractivity contribution in [2.75, 3.05) is 0 Å². The monoisotopic (exact) mass is 280 g/mol. The summed E-state index contributed by atoms with van der Waals surface area (Å²) in [6.07, 6.45) is 0.206. The number of aliphatic hydroxyl groups is 1. The third-order valence-electron chi connectivity index (χ3n) is 3.08. The number of benzene rings is 2. The summed E-state index contributed by atoms with van der Waals surface area (Å²) in [4.78, 5) is 0. The van der Waals surface area contributed by atoms with Crippen molar-refractivity contribution in [3.05, 3.63) is 71.0 Å². The molecule has 4 heteroatoms. The first-order valence-corrected chi connectivity index (χ1v) is 6.26. The van der Waals surface area contributed by atoms with Crippen LogP contribution >= 0.6 is 0 Å². The lowest BCUT2D eigenvalue weighted by atomic mass is 9.89. The summed E-state index contributed by atoms with van der Waals surface area (Å²) >= 11 is 0. The van der Waals surface area contributed by atoms with E-state index in [1.807, 2.05) is 0 Å². The maximum atomic E-state index is 13.6. The third kappa shape index (κ3) is 3.84. The van der Waals surface area contributed by atoms with Crippen LogP contribution in [0.5, 0.6) is 0 Å². The van der Waals surface area contributed by atoms with Gasteiger partial charge in [-0.1, -0.05) is 12.1 Å². The highest BCUT2D eigenvalue weighted by Crippen LogP contribution is 2.21. The van der Waals surface area contributed by atoms with E-state index in [0.717, 1.165) is 23.8 Å². The molecule has 0 radical (unpaired) electrons. The van der Waals surface area contributed by atoms with E-state index in [-0.39, 0.29) is 24.2 Å². The van der Waals surface area contributed by atoms with Crippen LogP contribution in [0.4, 0.5) is 13.2 Å². The van der Waals surface area contributed by atoms with Gasteiger partial charge in [0.05, 0.1) is 5.60 Å².